The molecule has 108 valence electrons. The van der Waals surface area contributed by atoms with Gasteiger partial charge in [-0.1, -0.05) is 30.1 Å². The summed E-state index contributed by atoms with van der Waals surface area (Å²) in [4.78, 5) is 25.3. The molecule has 1 aliphatic rings. The number of ketones is 1. The molecule has 0 saturated heterocycles. The smallest absolute Gasteiger partial charge is 0.264 e. The molecule has 1 N–H and O–H groups in total. The number of benzene rings is 1. The molecule has 2 rings (SSSR count). The zero-order valence-electron chi connectivity index (χ0n) is 11.2. The molecule has 0 spiro atoms. The number of nitrogens with zero attached hydrogens (tertiary/aromatic N) is 1. The van der Waals surface area contributed by atoms with Gasteiger partial charge in [-0.3, -0.25) is 9.59 Å². The molecular weight excluding hydrogens is 301 g/mol. The largest absolute Gasteiger partial charge is 0.375 e. The standard InChI is InChI=1S/C14H15Cl2NO3/c1-3-6-17-12-10(16)5-4-9(15)11(12)14(20,13(17)19)7-8(2)18/h4-5,20H,3,6-7H2,1-2H3. The zero-order chi connectivity index (χ0) is 15.1. The Balaban J connectivity index is 2.68. The molecule has 6 heteroatoms. The summed E-state index contributed by atoms with van der Waals surface area (Å²) >= 11 is 12.3. The van der Waals surface area contributed by atoms with E-state index in [1.165, 1.54) is 17.9 Å². The van der Waals surface area contributed by atoms with Gasteiger partial charge >= 0.3 is 0 Å². The second-order valence-corrected chi connectivity index (χ2v) is 5.76. The molecule has 0 aliphatic carbocycles. The second-order valence-electron chi connectivity index (χ2n) is 4.95. The van der Waals surface area contributed by atoms with Gasteiger partial charge in [-0.05, 0) is 25.5 Å². The third-order valence-electron chi connectivity index (χ3n) is 3.31. The van der Waals surface area contributed by atoms with Gasteiger partial charge in [0.25, 0.3) is 5.91 Å². The van der Waals surface area contributed by atoms with E-state index in [9.17, 15) is 14.7 Å². The average molecular weight is 316 g/mol. The Bertz CT molecular complexity index is 588. The van der Waals surface area contributed by atoms with Gasteiger partial charge in [0.05, 0.1) is 10.7 Å². The Hall–Kier alpha value is -1.10. The molecule has 1 aliphatic heterocycles. The lowest BCUT2D eigenvalue weighted by Gasteiger charge is -2.22. The van der Waals surface area contributed by atoms with Crippen LogP contribution in [0.15, 0.2) is 12.1 Å². The molecule has 1 aromatic carbocycles. The van der Waals surface area contributed by atoms with Crippen LogP contribution in [0.3, 0.4) is 0 Å². The van der Waals surface area contributed by atoms with Crippen LogP contribution in [-0.4, -0.2) is 23.3 Å². The van der Waals surface area contributed by atoms with E-state index < -0.39 is 11.5 Å². The summed E-state index contributed by atoms with van der Waals surface area (Å²) in [5.74, 6) is -0.833. The van der Waals surface area contributed by atoms with Crippen LogP contribution in [0.1, 0.15) is 32.3 Å². The molecule has 1 heterocycles. The number of hydrogen-bond acceptors (Lipinski definition) is 3. The summed E-state index contributed by atoms with van der Waals surface area (Å²) < 4.78 is 0. The molecular formula is C14H15Cl2NO3. The van der Waals surface area contributed by atoms with Crippen molar-refractivity contribution in [1.82, 2.24) is 0 Å². The summed E-state index contributed by atoms with van der Waals surface area (Å²) in [5, 5.41) is 11.3. The number of fused-ring (bicyclic) bond motifs is 1. The minimum atomic E-state index is -1.92. The van der Waals surface area contributed by atoms with E-state index >= 15 is 0 Å². The number of Topliss-reactive ketones (excluding diaryl/α,β-unsaturated/α-hetero) is 1. The fraction of sp³-hybridized carbons (Fsp3) is 0.429. The normalized spacial score (nSPS) is 21.2. The van der Waals surface area contributed by atoms with Crippen molar-refractivity contribution in [1.29, 1.82) is 0 Å². The Morgan fingerprint density at radius 3 is 2.50 bits per heavy atom. The van der Waals surface area contributed by atoms with E-state index in [4.69, 9.17) is 23.2 Å². The highest BCUT2D eigenvalue weighted by Gasteiger charge is 2.52. The van der Waals surface area contributed by atoms with Gasteiger partial charge < -0.3 is 10.0 Å². The number of anilines is 1. The molecule has 0 radical (unpaired) electrons. The number of carbonyl (C=O) groups excluding carboxylic acids is 2. The SMILES string of the molecule is CCCN1C(=O)C(O)(CC(C)=O)c2c(Cl)ccc(Cl)c21. The van der Waals surface area contributed by atoms with Gasteiger partial charge in [-0.2, -0.15) is 0 Å². The van der Waals surface area contributed by atoms with Crippen molar-refractivity contribution in [2.24, 2.45) is 0 Å². The molecule has 1 amide bonds. The van der Waals surface area contributed by atoms with E-state index in [0.717, 1.165) is 0 Å². The maximum Gasteiger partial charge on any atom is 0.264 e. The molecule has 1 aromatic rings. The summed E-state index contributed by atoms with van der Waals surface area (Å²) in [6.07, 6.45) is 0.392. The average Bonchev–Trinajstić information content (AvgIpc) is 2.56. The Morgan fingerprint density at radius 2 is 1.95 bits per heavy atom. The first-order valence-corrected chi connectivity index (χ1v) is 7.10. The van der Waals surface area contributed by atoms with Crippen LogP contribution in [-0.2, 0) is 15.2 Å². The van der Waals surface area contributed by atoms with Crippen molar-refractivity contribution in [2.45, 2.75) is 32.3 Å². The minimum absolute atomic E-state index is 0.236. The van der Waals surface area contributed by atoms with Crippen LogP contribution in [0.5, 0.6) is 0 Å². The molecule has 4 nitrogen and oxygen atoms in total. The highest BCUT2D eigenvalue weighted by molar-refractivity contribution is 6.38. The fourth-order valence-corrected chi connectivity index (χ4v) is 3.16. The molecule has 1 atom stereocenters. The van der Waals surface area contributed by atoms with Crippen molar-refractivity contribution in [2.75, 3.05) is 11.4 Å². The monoisotopic (exact) mass is 315 g/mol. The maximum atomic E-state index is 12.5. The predicted octanol–water partition coefficient (Wildman–Crippen LogP) is 2.92. The maximum absolute atomic E-state index is 12.5. The first-order valence-electron chi connectivity index (χ1n) is 6.35. The van der Waals surface area contributed by atoms with Crippen molar-refractivity contribution >= 4 is 40.6 Å². The minimum Gasteiger partial charge on any atom is -0.375 e. The summed E-state index contributed by atoms with van der Waals surface area (Å²) in [5.41, 5.74) is -1.27. The first kappa shape index (κ1) is 15.3. The van der Waals surface area contributed by atoms with Gasteiger partial charge in [-0.15, -0.1) is 0 Å². The van der Waals surface area contributed by atoms with Gasteiger partial charge in [-0.25, -0.2) is 0 Å². The van der Waals surface area contributed by atoms with Gasteiger partial charge in [0.15, 0.2) is 5.60 Å². The van der Waals surface area contributed by atoms with Crippen LogP contribution in [0.25, 0.3) is 0 Å². The molecule has 0 saturated carbocycles. The highest BCUT2D eigenvalue weighted by atomic mass is 35.5. The first-order chi connectivity index (χ1) is 9.32. The lowest BCUT2D eigenvalue weighted by Crippen LogP contribution is -2.41. The van der Waals surface area contributed by atoms with E-state index in [1.807, 2.05) is 6.92 Å². The lowest BCUT2D eigenvalue weighted by molar-refractivity contribution is -0.141. The van der Waals surface area contributed by atoms with E-state index in [0.29, 0.717) is 23.7 Å². The summed E-state index contributed by atoms with van der Waals surface area (Å²) in [6, 6.07) is 3.11. The number of carbonyl (C=O) groups is 2. The number of aliphatic hydroxyl groups is 1. The number of amides is 1. The molecule has 0 fully saturated rings. The molecule has 1 unspecified atom stereocenters. The Labute approximate surface area is 127 Å². The topological polar surface area (TPSA) is 57.6 Å². The van der Waals surface area contributed by atoms with E-state index in [-0.39, 0.29) is 22.8 Å². The lowest BCUT2D eigenvalue weighted by atomic mass is 9.90. The van der Waals surface area contributed by atoms with Gasteiger partial charge in [0.2, 0.25) is 0 Å². The van der Waals surface area contributed by atoms with E-state index in [1.54, 1.807) is 6.07 Å². The van der Waals surface area contributed by atoms with Crippen molar-refractivity contribution in [3.05, 3.63) is 27.7 Å². The number of rotatable bonds is 4. The molecule has 0 aromatic heterocycles. The summed E-state index contributed by atoms with van der Waals surface area (Å²) in [6.45, 7) is 3.64. The van der Waals surface area contributed by atoms with Crippen molar-refractivity contribution in [3.8, 4) is 0 Å². The highest BCUT2D eigenvalue weighted by Crippen LogP contribution is 2.49. The quantitative estimate of drug-likeness (QED) is 0.929. The van der Waals surface area contributed by atoms with Crippen LogP contribution >= 0.6 is 23.2 Å². The van der Waals surface area contributed by atoms with Crippen molar-refractivity contribution in [3.63, 3.8) is 0 Å². The van der Waals surface area contributed by atoms with Gasteiger partial charge in [0.1, 0.15) is 5.78 Å². The van der Waals surface area contributed by atoms with Crippen molar-refractivity contribution < 1.29 is 14.7 Å². The summed E-state index contributed by atoms with van der Waals surface area (Å²) in [7, 11) is 0. The van der Waals surface area contributed by atoms with E-state index in [2.05, 4.69) is 0 Å². The molecule has 0 bridgehead atoms. The fourth-order valence-electron chi connectivity index (χ4n) is 2.59. The van der Waals surface area contributed by atoms with Crippen LogP contribution in [0.4, 0.5) is 5.69 Å². The van der Waals surface area contributed by atoms with Crippen LogP contribution in [0.2, 0.25) is 10.0 Å². The third kappa shape index (κ3) is 2.22. The molecule has 20 heavy (non-hydrogen) atoms. The number of hydrogen-bond donors (Lipinski definition) is 1. The predicted molar refractivity (Wildman–Crippen MR) is 78.3 cm³/mol. The van der Waals surface area contributed by atoms with Gasteiger partial charge in [0, 0.05) is 23.6 Å². The Kier molecular flexibility index (Phi) is 4.09. The van der Waals surface area contributed by atoms with Crippen LogP contribution < -0.4 is 4.90 Å². The van der Waals surface area contributed by atoms with Crippen LogP contribution in [0, 0.1) is 0 Å². The Morgan fingerprint density at radius 1 is 1.35 bits per heavy atom. The number of halogens is 2. The second kappa shape index (κ2) is 5.35. The third-order valence-corrected chi connectivity index (χ3v) is 3.93. The zero-order valence-corrected chi connectivity index (χ0v) is 12.8.